The Morgan fingerprint density at radius 2 is 2.44 bits per heavy atom. The van der Waals surface area contributed by atoms with Crippen LogP contribution in [-0.4, -0.2) is 34.4 Å². The van der Waals surface area contributed by atoms with Crippen LogP contribution in [0.1, 0.15) is 12.8 Å². The second kappa shape index (κ2) is 5.24. The number of ether oxygens (including phenoxy) is 2. The molecule has 0 aliphatic carbocycles. The normalized spacial score (nSPS) is 20.2. The van der Waals surface area contributed by atoms with Gasteiger partial charge in [-0.3, -0.25) is 0 Å². The van der Waals surface area contributed by atoms with Gasteiger partial charge in [0.15, 0.2) is 5.65 Å². The molecule has 18 heavy (non-hydrogen) atoms. The highest BCUT2D eigenvalue weighted by molar-refractivity contribution is 9.10. The summed E-state index contributed by atoms with van der Waals surface area (Å²) in [6.07, 6.45) is 4.01. The summed E-state index contributed by atoms with van der Waals surface area (Å²) in [5.74, 6) is 1.09. The Balaban J connectivity index is 1.68. The lowest BCUT2D eigenvalue weighted by atomic mass is 10.0. The summed E-state index contributed by atoms with van der Waals surface area (Å²) in [5, 5.41) is 4.36. The lowest BCUT2D eigenvalue weighted by Crippen LogP contribution is -2.23. The van der Waals surface area contributed by atoms with Gasteiger partial charge in [0.1, 0.15) is 4.60 Å². The molecule has 6 heteroatoms. The maximum absolute atomic E-state index is 5.72. The minimum atomic E-state index is 0.475. The third-order valence-electron chi connectivity index (χ3n) is 3.02. The number of hydrogen-bond acceptors (Lipinski definition) is 4. The maximum atomic E-state index is 5.72. The molecule has 0 saturated carbocycles. The predicted octanol–water partition coefficient (Wildman–Crippen LogP) is 2.30. The zero-order valence-corrected chi connectivity index (χ0v) is 11.5. The number of imidazole rings is 1. The second-order valence-corrected chi connectivity index (χ2v) is 5.23. The third-order valence-corrected chi connectivity index (χ3v) is 3.56. The highest BCUT2D eigenvalue weighted by atomic mass is 79.9. The van der Waals surface area contributed by atoms with Crippen molar-refractivity contribution in [1.82, 2.24) is 14.6 Å². The smallest absolute Gasteiger partial charge is 0.231 e. The minimum Gasteiger partial charge on any atom is -0.476 e. The highest BCUT2D eigenvalue weighted by Gasteiger charge is 2.15. The number of hydrogen-bond donors (Lipinski definition) is 0. The molecule has 1 saturated heterocycles. The van der Waals surface area contributed by atoms with Gasteiger partial charge in [0, 0.05) is 18.6 Å². The molecule has 2 aromatic rings. The van der Waals surface area contributed by atoms with Crippen molar-refractivity contribution >= 4 is 21.6 Å². The second-order valence-electron chi connectivity index (χ2n) is 4.42. The van der Waals surface area contributed by atoms with Crippen LogP contribution in [0.25, 0.3) is 5.65 Å². The minimum absolute atomic E-state index is 0.475. The molecule has 1 atom stereocenters. The Morgan fingerprint density at radius 1 is 1.50 bits per heavy atom. The van der Waals surface area contributed by atoms with E-state index in [1.165, 1.54) is 0 Å². The van der Waals surface area contributed by atoms with Crippen molar-refractivity contribution in [2.24, 2.45) is 5.92 Å². The van der Waals surface area contributed by atoms with Gasteiger partial charge in [0.2, 0.25) is 5.88 Å². The van der Waals surface area contributed by atoms with Crippen molar-refractivity contribution in [2.45, 2.75) is 12.8 Å². The van der Waals surface area contributed by atoms with Gasteiger partial charge in [-0.25, -0.2) is 9.50 Å². The number of aromatic nitrogens is 3. The quantitative estimate of drug-likeness (QED) is 0.872. The van der Waals surface area contributed by atoms with Crippen molar-refractivity contribution < 1.29 is 9.47 Å². The van der Waals surface area contributed by atoms with Crippen LogP contribution < -0.4 is 4.74 Å². The van der Waals surface area contributed by atoms with E-state index in [2.05, 4.69) is 26.0 Å². The van der Waals surface area contributed by atoms with E-state index in [0.29, 0.717) is 18.4 Å². The van der Waals surface area contributed by atoms with Gasteiger partial charge in [0.25, 0.3) is 0 Å². The number of halogens is 1. The summed E-state index contributed by atoms with van der Waals surface area (Å²) in [6.45, 7) is 2.32. The van der Waals surface area contributed by atoms with Gasteiger partial charge in [-0.1, -0.05) is 0 Å². The predicted molar refractivity (Wildman–Crippen MR) is 69.7 cm³/mol. The molecule has 5 nitrogen and oxygen atoms in total. The average molecular weight is 312 g/mol. The fraction of sp³-hybridized carbons (Fsp3) is 0.500. The summed E-state index contributed by atoms with van der Waals surface area (Å²) in [7, 11) is 0. The van der Waals surface area contributed by atoms with Crippen molar-refractivity contribution in [3.05, 3.63) is 22.9 Å². The van der Waals surface area contributed by atoms with E-state index in [-0.39, 0.29) is 0 Å². The first-order chi connectivity index (χ1) is 8.83. The van der Waals surface area contributed by atoms with Crippen LogP contribution in [0.4, 0.5) is 0 Å². The van der Waals surface area contributed by atoms with E-state index >= 15 is 0 Å². The standard InChI is InChI=1S/C12H14BrN3O2/c13-10-6-14-11-3-4-12(15-16(10)11)18-8-9-2-1-5-17-7-9/h3-4,6,9H,1-2,5,7-8H2/t9-/m1/s1. The zero-order chi connectivity index (χ0) is 12.4. The van der Waals surface area contributed by atoms with Crippen LogP contribution in [0.3, 0.4) is 0 Å². The van der Waals surface area contributed by atoms with E-state index in [1.54, 1.807) is 10.7 Å². The molecule has 0 bridgehead atoms. The Hall–Kier alpha value is -1.14. The molecule has 1 fully saturated rings. The maximum Gasteiger partial charge on any atom is 0.231 e. The first-order valence-corrected chi connectivity index (χ1v) is 6.83. The van der Waals surface area contributed by atoms with Crippen LogP contribution in [0.5, 0.6) is 5.88 Å². The van der Waals surface area contributed by atoms with Gasteiger partial charge in [-0.2, -0.15) is 0 Å². The first kappa shape index (κ1) is 11.9. The topological polar surface area (TPSA) is 48.7 Å². The molecule has 3 heterocycles. The summed E-state index contributed by atoms with van der Waals surface area (Å²) < 4.78 is 13.7. The molecule has 1 aliphatic rings. The molecule has 0 N–H and O–H groups in total. The Morgan fingerprint density at radius 3 is 3.28 bits per heavy atom. The molecular weight excluding hydrogens is 298 g/mol. The highest BCUT2D eigenvalue weighted by Crippen LogP contribution is 2.17. The monoisotopic (exact) mass is 311 g/mol. The molecule has 0 spiro atoms. The van der Waals surface area contributed by atoms with Crippen molar-refractivity contribution in [1.29, 1.82) is 0 Å². The molecule has 0 aromatic carbocycles. The van der Waals surface area contributed by atoms with Crippen molar-refractivity contribution in [3.8, 4) is 5.88 Å². The molecule has 0 unspecified atom stereocenters. The van der Waals surface area contributed by atoms with Gasteiger partial charge in [-0.05, 0) is 34.8 Å². The van der Waals surface area contributed by atoms with Crippen molar-refractivity contribution in [3.63, 3.8) is 0 Å². The third kappa shape index (κ3) is 2.49. The summed E-state index contributed by atoms with van der Waals surface area (Å²) in [4.78, 5) is 4.19. The fourth-order valence-electron chi connectivity index (χ4n) is 2.05. The van der Waals surface area contributed by atoms with E-state index < -0.39 is 0 Å². The van der Waals surface area contributed by atoms with Gasteiger partial charge in [0.05, 0.1) is 19.4 Å². The van der Waals surface area contributed by atoms with Crippen LogP contribution >= 0.6 is 15.9 Å². The fourth-order valence-corrected chi connectivity index (χ4v) is 2.41. The first-order valence-electron chi connectivity index (χ1n) is 6.04. The lowest BCUT2D eigenvalue weighted by molar-refractivity contribution is 0.0342. The summed E-state index contributed by atoms with van der Waals surface area (Å²) in [6, 6.07) is 3.74. The zero-order valence-electron chi connectivity index (χ0n) is 9.88. The van der Waals surface area contributed by atoms with Gasteiger partial charge >= 0.3 is 0 Å². The Labute approximate surface area is 113 Å². The van der Waals surface area contributed by atoms with E-state index in [1.807, 2.05) is 12.1 Å². The number of rotatable bonds is 3. The summed E-state index contributed by atoms with van der Waals surface area (Å²) in [5.41, 5.74) is 0.801. The lowest BCUT2D eigenvalue weighted by Gasteiger charge is -2.21. The molecular formula is C12H14BrN3O2. The SMILES string of the molecule is Brc1cnc2ccc(OC[C@@H]3CCCOC3)nn12. The molecule has 1 aliphatic heterocycles. The van der Waals surface area contributed by atoms with Crippen LogP contribution in [0, 0.1) is 5.92 Å². The summed E-state index contributed by atoms with van der Waals surface area (Å²) >= 11 is 3.39. The molecule has 96 valence electrons. The van der Waals surface area contributed by atoms with Crippen LogP contribution in [-0.2, 0) is 4.74 Å². The Bertz CT molecular complexity index is 537. The van der Waals surface area contributed by atoms with Gasteiger partial charge < -0.3 is 9.47 Å². The number of fused-ring (bicyclic) bond motifs is 1. The Kier molecular flexibility index (Phi) is 3.47. The molecule has 0 radical (unpaired) electrons. The van der Waals surface area contributed by atoms with Crippen LogP contribution in [0.15, 0.2) is 22.9 Å². The number of nitrogens with zero attached hydrogens (tertiary/aromatic N) is 3. The van der Waals surface area contributed by atoms with E-state index in [0.717, 1.165) is 36.3 Å². The molecule has 3 rings (SSSR count). The molecule has 0 amide bonds. The van der Waals surface area contributed by atoms with Crippen molar-refractivity contribution in [2.75, 3.05) is 19.8 Å². The van der Waals surface area contributed by atoms with Gasteiger partial charge in [-0.15, -0.1) is 5.10 Å². The van der Waals surface area contributed by atoms with E-state index in [4.69, 9.17) is 9.47 Å². The largest absolute Gasteiger partial charge is 0.476 e. The van der Waals surface area contributed by atoms with E-state index in [9.17, 15) is 0 Å². The van der Waals surface area contributed by atoms with Crippen LogP contribution in [0.2, 0.25) is 0 Å². The molecule has 2 aromatic heterocycles. The average Bonchev–Trinajstić information content (AvgIpc) is 2.79.